The Balaban J connectivity index is 1.60. The Labute approximate surface area is 133 Å². The topological polar surface area (TPSA) is 61.6 Å². The van der Waals surface area contributed by atoms with E-state index in [9.17, 15) is 4.79 Å². The molecule has 3 aromatic rings. The van der Waals surface area contributed by atoms with E-state index in [1.807, 2.05) is 36.4 Å². The van der Waals surface area contributed by atoms with Crippen molar-refractivity contribution in [2.45, 2.75) is 13.2 Å². The summed E-state index contributed by atoms with van der Waals surface area (Å²) in [6.07, 6.45) is 3.09. The number of aromatic nitrogens is 1. The van der Waals surface area contributed by atoms with E-state index in [4.69, 9.17) is 13.9 Å². The van der Waals surface area contributed by atoms with Gasteiger partial charge in [0, 0.05) is 11.8 Å². The molecule has 0 aliphatic carbocycles. The van der Waals surface area contributed by atoms with E-state index < -0.39 is 5.97 Å². The highest BCUT2D eigenvalue weighted by molar-refractivity contribution is 5.87. The van der Waals surface area contributed by atoms with Crippen LogP contribution < -0.4 is 4.74 Å². The fourth-order valence-electron chi connectivity index (χ4n) is 1.99. The first kappa shape index (κ1) is 14.8. The van der Waals surface area contributed by atoms with Crippen molar-refractivity contribution >= 4 is 5.97 Å². The minimum Gasteiger partial charge on any atom is -0.489 e. The highest BCUT2D eigenvalue weighted by Gasteiger charge is 2.17. The third-order valence-corrected chi connectivity index (χ3v) is 3.15. The molecule has 116 valence electrons. The van der Waals surface area contributed by atoms with E-state index in [2.05, 4.69) is 4.98 Å². The number of ether oxygens (including phenoxy) is 2. The molecule has 0 atom stereocenters. The second-order valence-electron chi connectivity index (χ2n) is 4.77. The third kappa shape index (κ3) is 3.97. The quantitative estimate of drug-likeness (QED) is 0.651. The molecule has 5 nitrogen and oxygen atoms in total. The van der Waals surface area contributed by atoms with Crippen molar-refractivity contribution in [2.75, 3.05) is 0 Å². The van der Waals surface area contributed by atoms with Gasteiger partial charge in [-0.25, -0.2) is 4.79 Å². The van der Waals surface area contributed by atoms with E-state index in [0.717, 1.165) is 5.75 Å². The lowest BCUT2D eigenvalue weighted by Crippen LogP contribution is -2.08. The zero-order valence-corrected chi connectivity index (χ0v) is 12.3. The molecule has 3 rings (SSSR count). The maximum Gasteiger partial charge on any atom is 0.375 e. The molecule has 2 aromatic heterocycles. The fraction of sp³-hybridized carbons (Fsp3) is 0.111. The first-order valence-corrected chi connectivity index (χ1v) is 7.14. The number of furan rings is 1. The Morgan fingerprint density at radius 1 is 1.00 bits per heavy atom. The molecule has 2 heterocycles. The van der Waals surface area contributed by atoms with Gasteiger partial charge >= 0.3 is 5.97 Å². The lowest BCUT2D eigenvalue weighted by molar-refractivity contribution is 0.0427. The van der Waals surface area contributed by atoms with Crippen molar-refractivity contribution in [3.63, 3.8) is 0 Å². The second-order valence-corrected chi connectivity index (χ2v) is 4.77. The summed E-state index contributed by atoms with van der Waals surface area (Å²) >= 11 is 0. The number of carbonyl (C=O) groups is 1. The number of carbonyl (C=O) groups excluding carboxylic acids is 1. The number of rotatable bonds is 6. The monoisotopic (exact) mass is 309 g/mol. The Morgan fingerprint density at radius 2 is 1.83 bits per heavy atom. The number of pyridine rings is 1. The molecule has 0 aliphatic rings. The van der Waals surface area contributed by atoms with Crippen LogP contribution in [-0.2, 0) is 18.0 Å². The van der Waals surface area contributed by atoms with Crippen LogP contribution in [0.4, 0.5) is 0 Å². The summed E-state index contributed by atoms with van der Waals surface area (Å²) in [6.45, 7) is 0.327. The molecule has 0 amide bonds. The Hall–Kier alpha value is -3.08. The highest BCUT2D eigenvalue weighted by Crippen LogP contribution is 2.17. The maximum absolute atomic E-state index is 12.1. The van der Waals surface area contributed by atoms with Crippen LogP contribution in [0.2, 0.25) is 0 Å². The van der Waals surface area contributed by atoms with Gasteiger partial charge in [-0.05, 0) is 30.3 Å². The van der Waals surface area contributed by atoms with Crippen LogP contribution in [0.1, 0.15) is 21.8 Å². The van der Waals surface area contributed by atoms with Gasteiger partial charge in [0.1, 0.15) is 19.0 Å². The van der Waals surface area contributed by atoms with Crippen LogP contribution in [0.25, 0.3) is 0 Å². The van der Waals surface area contributed by atoms with Crippen molar-refractivity contribution in [1.82, 2.24) is 4.98 Å². The smallest absolute Gasteiger partial charge is 0.375 e. The van der Waals surface area contributed by atoms with Crippen molar-refractivity contribution in [1.29, 1.82) is 0 Å². The standard InChI is InChI=1S/C18H15NO4/c20-18(23-13-15-6-4-5-10-19-15)17-14(9-11-21-17)12-22-16-7-2-1-3-8-16/h1-11H,12-13H2. The van der Waals surface area contributed by atoms with Crippen molar-refractivity contribution in [2.24, 2.45) is 0 Å². The fourth-order valence-corrected chi connectivity index (χ4v) is 1.99. The molecule has 1 aromatic carbocycles. The molecular weight excluding hydrogens is 294 g/mol. The van der Waals surface area contributed by atoms with Crippen LogP contribution in [0.15, 0.2) is 71.5 Å². The number of benzene rings is 1. The van der Waals surface area contributed by atoms with E-state index in [-0.39, 0.29) is 19.0 Å². The summed E-state index contributed by atoms with van der Waals surface area (Å²) in [5.74, 6) is 0.339. The van der Waals surface area contributed by atoms with Gasteiger partial charge in [0.05, 0.1) is 12.0 Å². The molecule has 0 saturated carbocycles. The molecule has 0 aliphatic heterocycles. The number of hydrogen-bond donors (Lipinski definition) is 0. The first-order valence-electron chi connectivity index (χ1n) is 7.14. The predicted molar refractivity (Wildman–Crippen MR) is 82.8 cm³/mol. The summed E-state index contributed by atoms with van der Waals surface area (Å²) < 4.78 is 16.1. The summed E-state index contributed by atoms with van der Waals surface area (Å²) in [5.41, 5.74) is 1.31. The van der Waals surface area contributed by atoms with Crippen LogP contribution >= 0.6 is 0 Å². The highest BCUT2D eigenvalue weighted by atomic mass is 16.5. The summed E-state index contributed by atoms with van der Waals surface area (Å²) in [6, 6.07) is 16.5. The zero-order chi connectivity index (χ0) is 15.9. The van der Waals surface area contributed by atoms with E-state index in [0.29, 0.717) is 11.3 Å². The van der Waals surface area contributed by atoms with E-state index >= 15 is 0 Å². The lowest BCUT2D eigenvalue weighted by Gasteiger charge is -2.06. The number of para-hydroxylation sites is 1. The molecule has 0 N–H and O–H groups in total. The minimum absolute atomic E-state index is 0.0966. The molecule has 0 spiro atoms. The number of esters is 1. The molecule has 5 heteroatoms. The van der Waals surface area contributed by atoms with Gasteiger partial charge in [-0.15, -0.1) is 0 Å². The zero-order valence-electron chi connectivity index (χ0n) is 12.3. The van der Waals surface area contributed by atoms with Crippen molar-refractivity contribution < 1.29 is 18.7 Å². The maximum atomic E-state index is 12.1. The minimum atomic E-state index is -0.535. The van der Waals surface area contributed by atoms with Crippen LogP contribution in [0, 0.1) is 0 Å². The average molecular weight is 309 g/mol. The Bertz CT molecular complexity index is 753. The van der Waals surface area contributed by atoms with Gasteiger partial charge in [0.15, 0.2) is 0 Å². The third-order valence-electron chi connectivity index (χ3n) is 3.15. The number of hydrogen-bond acceptors (Lipinski definition) is 5. The molecule has 23 heavy (non-hydrogen) atoms. The normalized spacial score (nSPS) is 10.3. The van der Waals surface area contributed by atoms with Gasteiger partial charge in [-0.3, -0.25) is 4.98 Å². The first-order chi connectivity index (χ1) is 11.3. The molecule has 0 fully saturated rings. The van der Waals surface area contributed by atoms with Gasteiger partial charge in [0.2, 0.25) is 5.76 Å². The molecule has 0 saturated heterocycles. The molecule has 0 unspecified atom stereocenters. The van der Waals surface area contributed by atoms with Crippen molar-refractivity contribution in [3.8, 4) is 5.75 Å². The Kier molecular flexibility index (Phi) is 4.69. The summed E-state index contributed by atoms with van der Waals surface area (Å²) in [5, 5.41) is 0. The predicted octanol–water partition coefficient (Wildman–Crippen LogP) is 3.61. The Morgan fingerprint density at radius 3 is 2.61 bits per heavy atom. The van der Waals surface area contributed by atoms with Gasteiger partial charge < -0.3 is 13.9 Å². The van der Waals surface area contributed by atoms with Crippen LogP contribution in [0.5, 0.6) is 5.75 Å². The second kappa shape index (κ2) is 7.26. The molecule has 0 radical (unpaired) electrons. The lowest BCUT2D eigenvalue weighted by atomic mass is 10.2. The SMILES string of the molecule is O=C(OCc1ccccn1)c1occc1COc1ccccc1. The van der Waals surface area contributed by atoms with Gasteiger partial charge in [0.25, 0.3) is 0 Å². The van der Waals surface area contributed by atoms with E-state index in [1.165, 1.54) is 6.26 Å². The van der Waals surface area contributed by atoms with Crippen LogP contribution in [0.3, 0.4) is 0 Å². The van der Waals surface area contributed by atoms with Gasteiger partial charge in [-0.1, -0.05) is 24.3 Å². The van der Waals surface area contributed by atoms with Crippen LogP contribution in [-0.4, -0.2) is 11.0 Å². The average Bonchev–Trinajstić information content (AvgIpc) is 3.08. The molecule has 0 bridgehead atoms. The summed E-state index contributed by atoms with van der Waals surface area (Å²) in [4.78, 5) is 16.2. The number of nitrogens with zero attached hydrogens (tertiary/aromatic N) is 1. The van der Waals surface area contributed by atoms with E-state index in [1.54, 1.807) is 24.4 Å². The van der Waals surface area contributed by atoms with Gasteiger partial charge in [-0.2, -0.15) is 0 Å². The van der Waals surface area contributed by atoms with Crippen molar-refractivity contribution in [3.05, 3.63) is 84.1 Å². The molecular formula is C18H15NO4. The summed E-state index contributed by atoms with van der Waals surface area (Å²) in [7, 11) is 0. The largest absolute Gasteiger partial charge is 0.489 e.